The summed E-state index contributed by atoms with van der Waals surface area (Å²) in [6.07, 6.45) is 2.24. The average molecular weight is 299 g/mol. The number of carbonyl (C=O) groups is 1. The molecule has 0 bridgehead atoms. The minimum atomic E-state index is 0.0970. The molecule has 1 amide bonds. The molecular formula is C12H11ClN2OS2. The fraction of sp³-hybridized carbons (Fsp3) is 0.333. The Kier molecular flexibility index (Phi) is 3.46. The van der Waals surface area contributed by atoms with Gasteiger partial charge in [-0.05, 0) is 31.0 Å². The highest BCUT2D eigenvalue weighted by Gasteiger charge is 2.23. The highest BCUT2D eigenvalue weighted by atomic mass is 35.5. The molecule has 0 aliphatic heterocycles. The van der Waals surface area contributed by atoms with Crippen LogP contribution >= 0.6 is 34.7 Å². The van der Waals surface area contributed by atoms with E-state index in [0.29, 0.717) is 16.8 Å². The molecule has 1 aromatic carbocycles. The first kappa shape index (κ1) is 12.3. The molecule has 0 atom stereocenters. The Morgan fingerprint density at radius 1 is 1.56 bits per heavy atom. The van der Waals surface area contributed by atoms with Crippen molar-refractivity contribution >= 4 is 50.8 Å². The van der Waals surface area contributed by atoms with Gasteiger partial charge >= 0.3 is 0 Å². The molecule has 1 aromatic heterocycles. The van der Waals surface area contributed by atoms with E-state index in [1.807, 2.05) is 18.2 Å². The zero-order valence-corrected chi connectivity index (χ0v) is 11.9. The Morgan fingerprint density at radius 3 is 3.17 bits per heavy atom. The van der Waals surface area contributed by atoms with Crippen molar-refractivity contribution in [2.45, 2.75) is 23.2 Å². The largest absolute Gasteiger partial charge is 0.353 e. The summed E-state index contributed by atoms with van der Waals surface area (Å²) in [5.41, 5.74) is 0.901. The minimum Gasteiger partial charge on any atom is -0.353 e. The summed E-state index contributed by atoms with van der Waals surface area (Å²) in [6, 6.07) is 6.09. The van der Waals surface area contributed by atoms with Crippen LogP contribution in [0, 0.1) is 0 Å². The standard InChI is InChI=1S/C12H11ClN2OS2/c13-7-1-4-10-9(5-7)15-12(18-10)17-6-11(16)14-8-2-3-8/h1,4-5,8H,2-3,6H2,(H,14,16). The summed E-state index contributed by atoms with van der Waals surface area (Å²) < 4.78 is 2.02. The van der Waals surface area contributed by atoms with Gasteiger partial charge in [-0.1, -0.05) is 23.4 Å². The number of hydrogen-bond donors (Lipinski definition) is 1. The van der Waals surface area contributed by atoms with Crippen molar-refractivity contribution in [3.05, 3.63) is 23.2 Å². The summed E-state index contributed by atoms with van der Waals surface area (Å²) in [5, 5.41) is 3.65. The second-order valence-electron chi connectivity index (χ2n) is 4.22. The van der Waals surface area contributed by atoms with Crippen LogP contribution in [0.4, 0.5) is 0 Å². The molecular weight excluding hydrogens is 288 g/mol. The van der Waals surface area contributed by atoms with Gasteiger partial charge in [0.1, 0.15) is 0 Å². The quantitative estimate of drug-likeness (QED) is 0.881. The maximum Gasteiger partial charge on any atom is 0.230 e. The molecule has 2 aromatic rings. The number of benzene rings is 1. The molecule has 0 radical (unpaired) electrons. The predicted octanol–water partition coefficient (Wildman–Crippen LogP) is 3.32. The average Bonchev–Trinajstić information content (AvgIpc) is 3.04. The number of thioether (sulfide) groups is 1. The van der Waals surface area contributed by atoms with Gasteiger partial charge in [0.05, 0.1) is 16.0 Å². The van der Waals surface area contributed by atoms with E-state index in [1.54, 1.807) is 11.3 Å². The van der Waals surface area contributed by atoms with Gasteiger partial charge in [0.2, 0.25) is 5.91 Å². The third-order valence-corrected chi connectivity index (χ3v) is 5.01. The van der Waals surface area contributed by atoms with Crippen LogP contribution in [0.25, 0.3) is 10.2 Å². The SMILES string of the molecule is O=C(CSc1nc2cc(Cl)ccc2s1)NC1CC1. The number of aromatic nitrogens is 1. The number of thiazole rings is 1. The molecule has 0 saturated heterocycles. The fourth-order valence-electron chi connectivity index (χ4n) is 1.57. The molecule has 18 heavy (non-hydrogen) atoms. The molecule has 1 saturated carbocycles. The maximum absolute atomic E-state index is 11.6. The number of halogens is 1. The molecule has 94 valence electrons. The number of nitrogens with zero attached hydrogens (tertiary/aromatic N) is 1. The van der Waals surface area contributed by atoms with E-state index in [-0.39, 0.29) is 5.91 Å². The smallest absolute Gasteiger partial charge is 0.230 e. The van der Waals surface area contributed by atoms with E-state index < -0.39 is 0 Å². The van der Waals surface area contributed by atoms with Crippen molar-refractivity contribution in [3.63, 3.8) is 0 Å². The van der Waals surface area contributed by atoms with Crippen molar-refractivity contribution in [1.29, 1.82) is 0 Å². The lowest BCUT2D eigenvalue weighted by atomic mass is 10.3. The van der Waals surface area contributed by atoms with E-state index in [0.717, 1.165) is 27.4 Å². The number of rotatable bonds is 4. The van der Waals surface area contributed by atoms with Crippen LogP contribution in [0.5, 0.6) is 0 Å². The number of amides is 1. The second kappa shape index (κ2) is 5.07. The first-order valence-electron chi connectivity index (χ1n) is 5.69. The van der Waals surface area contributed by atoms with Crippen molar-refractivity contribution in [2.75, 3.05) is 5.75 Å². The van der Waals surface area contributed by atoms with Crippen molar-refractivity contribution in [1.82, 2.24) is 10.3 Å². The lowest BCUT2D eigenvalue weighted by Crippen LogP contribution is -2.26. The fourth-order valence-corrected chi connectivity index (χ4v) is 3.59. The van der Waals surface area contributed by atoms with Crippen LogP contribution in [0.3, 0.4) is 0 Å². The van der Waals surface area contributed by atoms with E-state index in [2.05, 4.69) is 10.3 Å². The van der Waals surface area contributed by atoms with Crippen LogP contribution in [-0.4, -0.2) is 22.7 Å². The summed E-state index contributed by atoms with van der Waals surface area (Å²) >= 11 is 8.99. The molecule has 0 unspecified atom stereocenters. The Balaban J connectivity index is 1.64. The number of nitrogens with one attached hydrogen (secondary N) is 1. The topological polar surface area (TPSA) is 42.0 Å². The summed E-state index contributed by atoms with van der Waals surface area (Å²) in [4.78, 5) is 16.0. The van der Waals surface area contributed by atoms with Gasteiger partial charge in [-0.2, -0.15) is 0 Å². The zero-order chi connectivity index (χ0) is 12.5. The molecule has 6 heteroatoms. The molecule has 1 fully saturated rings. The van der Waals surface area contributed by atoms with Gasteiger partial charge in [-0.15, -0.1) is 11.3 Å². The van der Waals surface area contributed by atoms with Crippen LogP contribution < -0.4 is 5.32 Å². The summed E-state index contributed by atoms with van der Waals surface area (Å²) in [5.74, 6) is 0.532. The highest BCUT2D eigenvalue weighted by Crippen LogP contribution is 2.31. The minimum absolute atomic E-state index is 0.0970. The molecule has 0 spiro atoms. The van der Waals surface area contributed by atoms with Crippen LogP contribution in [-0.2, 0) is 4.79 Å². The highest BCUT2D eigenvalue weighted by molar-refractivity contribution is 8.01. The molecule has 3 nitrogen and oxygen atoms in total. The van der Waals surface area contributed by atoms with Gasteiger partial charge < -0.3 is 5.32 Å². The lowest BCUT2D eigenvalue weighted by Gasteiger charge is -2.00. The molecule has 1 heterocycles. The molecule has 1 aliphatic carbocycles. The Labute approximate surface area is 118 Å². The Hall–Kier alpha value is -0.780. The number of carbonyl (C=O) groups excluding carboxylic acids is 1. The first-order chi connectivity index (χ1) is 8.70. The van der Waals surface area contributed by atoms with E-state index in [4.69, 9.17) is 11.6 Å². The molecule has 1 aliphatic rings. The second-order valence-corrected chi connectivity index (χ2v) is 6.91. The van der Waals surface area contributed by atoms with Crippen LogP contribution in [0.2, 0.25) is 5.02 Å². The van der Waals surface area contributed by atoms with Gasteiger partial charge in [-0.3, -0.25) is 4.79 Å². The van der Waals surface area contributed by atoms with Crippen LogP contribution in [0.15, 0.2) is 22.5 Å². The van der Waals surface area contributed by atoms with Crippen LogP contribution in [0.1, 0.15) is 12.8 Å². The maximum atomic E-state index is 11.6. The normalized spacial score (nSPS) is 14.9. The first-order valence-corrected chi connectivity index (χ1v) is 7.87. The molecule has 1 N–H and O–H groups in total. The Morgan fingerprint density at radius 2 is 2.39 bits per heavy atom. The van der Waals surface area contributed by atoms with Crippen molar-refractivity contribution < 1.29 is 4.79 Å². The van der Waals surface area contributed by atoms with E-state index in [9.17, 15) is 4.79 Å². The monoisotopic (exact) mass is 298 g/mol. The molecule has 3 rings (SSSR count). The van der Waals surface area contributed by atoms with Crippen molar-refractivity contribution in [2.24, 2.45) is 0 Å². The zero-order valence-electron chi connectivity index (χ0n) is 9.48. The van der Waals surface area contributed by atoms with Gasteiger partial charge in [-0.25, -0.2) is 4.98 Å². The lowest BCUT2D eigenvalue weighted by molar-refractivity contribution is -0.118. The summed E-state index contributed by atoms with van der Waals surface area (Å²) in [6.45, 7) is 0. The van der Waals surface area contributed by atoms with E-state index in [1.165, 1.54) is 11.8 Å². The van der Waals surface area contributed by atoms with E-state index >= 15 is 0 Å². The van der Waals surface area contributed by atoms with Gasteiger partial charge in [0.15, 0.2) is 4.34 Å². The summed E-state index contributed by atoms with van der Waals surface area (Å²) in [7, 11) is 0. The third kappa shape index (κ3) is 2.96. The van der Waals surface area contributed by atoms with Gasteiger partial charge in [0.25, 0.3) is 0 Å². The predicted molar refractivity (Wildman–Crippen MR) is 76.5 cm³/mol. The number of hydrogen-bond acceptors (Lipinski definition) is 4. The van der Waals surface area contributed by atoms with Crippen molar-refractivity contribution in [3.8, 4) is 0 Å². The van der Waals surface area contributed by atoms with Gasteiger partial charge in [0, 0.05) is 11.1 Å². The Bertz CT molecular complexity index is 595. The number of fused-ring (bicyclic) bond motifs is 1. The third-order valence-electron chi connectivity index (χ3n) is 2.60.